The van der Waals surface area contributed by atoms with Gasteiger partial charge in [-0.05, 0) is 37.6 Å². The molecular weight excluding hydrogens is 391 g/mol. The van der Waals surface area contributed by atoms with Gasteiger partial charge in [0.05, 0.1) is 18.8 Å². The summed E-state index contributed by atoms with van der Waals surface area (Å²) in [6.07, 6.45) is 0.0835. The quantitative estimate of drug-likeness (QED) is 0.354. The van der Waals surface area contributed by atoms with E-state index in [2.05, 4.69) is 20.5 Å². The molecule has 0 saturated heterocycles. The zero-order chi connectivity index (χ0) is 19.4. The second-order valence-corrected chi connectivity index (χ2v) is 7.81. The first-order valence-corrected chi connectivity index (χ1v) is 9.95. The number of aromatic nitrogens is 3. The summed E-state index contributed by atoms with van der Waals surface area (Å²) in [5.41, 5.74) is 2.34. The number of hydrogen-bond donors (Lipinski definition) is 2. The van der Waals surface area contributed by atoms with E-state index in [1.165, 1.54) is 35.2 Å². The highest BCUT2D eigenvalue weighted by Crippen LogP contribution is 2.27. The lowest BCUT2D eigenvalue weighted by Gasteiger charge is -2.02. The van der Waals surface area contributed by atoms with Gasteiger partial charge in [-0.2, -0.15) is 0 Å². The van der Waals surface area contributed by atoms with Gasteiger partial charge in [0, 0.05) is 16.6 Å². The molecule has 1 aromatic carbocycles. The Kier molecular flexibility index (Phi) is 6.07. The van der Waals surface area contributed by atoms with Gasteiger partial charge in [0.2, 0.25) is 11.0 Å². The summed E-state index contributed by atoms with van der Waals surface area (Å²) in [6.45, 7) is 3.91. The van der Waals surface area contributed by atoms with Crippen molar-refractivity contribution < 1.29 is 18.7 Å². The Morgan fingerprint density at radius 1 is 1.37 bits per heavy atom. The van der Waals surface area contributed by atoms with Gasteiger partial charge < -0.3 is 15.0 Å². The first kappa shape index (κ1) is 19.3. The van der Waals surface area contributed by atoms with Crippen molar-refractivity contribution in [2.75, 3.05) is 17.7 Å². The van der Waals surface area contributed by atoms with Crippen LogP contribution in [0.2, 0.25) is 0 Å². The summed E-state index contributed by atoms with van der Waals surface area (Å²) in [5.74, 6) is -0.821. The molecule has 1 amide bonds. The number of hydrogen-bond acceptors (Lipinski definition) is 7. The van der Waals surface area contributed by atoms with Gasteiger partial charge in [-0.1, -0.05) is 23.1 Å². The highest BCUT2D eigenvalue weighted by Gasteiger charge is 2.15. The molecule has 0 atom stereocenters. The fraction of sp³-hybridized carbons (Fsp3) is 0.294. The van der Waals surface area contributed by atoms with Gasteiger partial charge in [0.25, 0.3) is 0 Å². The SMILES string of the molecule is CCOC(=O)CSc1nnc(NC(=O)Cc2c(C)[nH]c3ccc(F)cc23)s1. The number of carbonyl (C=O) groups is 2. The Morgan fingerprint density at radius 3 is 2.96 bits per heavy atom. The minimum Gasteiger partial charge on any atom is -0.465 e. The number of nitrogens with zero attached hydrogens (tertiary/aromatic N) is 2. The van der Waals surface area contributed by atoms with Crippen LogP contribution in [0.25, 0.3) is 10.9 Å². The number of esters is 1. The van der Waals surface area contributed by atoms with Crippen molar-refractivity contribution in [2.24, 2.45) is 0 Å². The van der Waals surface area contributed by atoms with Gasteiger partial charge >= 0.3 is 5.97 Å². The number of benzene rings is 1. The van der Waals surface area contributed by atoms with Crippen LogP contribution in [-0.4, -0.2) is 39.4 Å². The zero-order valence-electron chi connectivity index (χ0n) is 14.7. The molecule has 142 valence electrons. The Bertz CT molecular complexity index is 986. The lowest BCUT2D eigenvalue weighted by molar-refractivity contribution is -0.139. The lowest BCUT2D eigenvalue weighted by atomic mass is 10.1. The van der Waals surface area contributed by atoms with Crippen LogP contribution < -0.4 is 5.32 Å². The number of aromatic amines is 1. The van der Waals surface area contributed by atoms with Gasteiger partial charge in [-0.15, -0.1) is 10.2 Å². The third kappa shape index (κ3) is 4.83. The largest absolute Gasteiger partial charge is 0.465 e. The van der Waals surface area contributed by atoms with E-state index in [0.29, 0.717) is 21.5 Å². The number of H-pyrrole nitrogens is 1. The molecule has 3 rings (SSSR count). The monoisotopic (exact) mass is 408 g/mol. The number of thioether (sulfide) groups is 1. The molecule has 2 heterocycles. The van der Waals surface area contributed by atoms with Crippen LogP contribution in [0, 0.1) is 12.7 Å². The fourth-order valence-electron chi connectivity index (χ4n) is 2.55. The number of anilines is 1. The molecule has 0 saturated carbocycles. The molecule has 0 aliphatic heterocycles. The molecule has 0 unspecified atom stereocenters. The fourth-order valence-corrected chi connectivity index (χ4v) is 4.11. The molecule has 0 aliphatic carbocycles. The Labute approximate surface area is 162 Å². The van der Waals surface area contributed by atoms with E-state index in [0.717, 1.165) is 16.8 Å². The van der Waals surface area contributed by atoms with E-state index in [-0.39, 0.29) is 29.9 Å². The van der Waals surface area contributed by atoms with Crippen LogP contribution in [0.3, 0.4) is 0 Å². The van der Waals surface area contributed by atoms with E-state index in [1.54, 1.807) is 13.0 Å². The van der Waals surface area contributed by atoms with E-state index >= 15 is 0 Å². The highest BCUT2D eigenvalue weighted by molar-refractivity contribution is 8.01. The first-order chi connectivity index (χ1) is 13.0. The smallest absolute Gasteiger partial charge is 0.316 e. The third-order valence-electron chi connectivity index (χ3n) is 3.69. The third-order valence-corrected chi connectivity index (χ3v) is 5.64. The summed E-state index contributed by atoms with van der Waals surface area (Å²) in [4.78, 5) is 26.9. The van der Waals surface area contributed by atoms with Crippen LogP contribution in [-0.2, 0) is 20.7 Å². The van der Waals surface area contributed by atoms with E-state index in [9.17, 15) is 14.0 Å². The van der Waals surface area contributed by atoms with Crippen molar-refractivity contribution in [1.82, 2.24) is 15.2 Å². The van der Waals surface area contributed by atoms with Crippen molar-refractivity contribution in [3.05, 3.63) is 35.3 Å². The van der Waals surface area contributed by atoms with Crippen molar-refractivity contribution in [3.8, 4) is 0 Å². The summed E-state index contributed by atoms with van der Waals surface area (Å²) >= 11 is 2.38. The second-order valence-electron chi connectivity index (χ2n) is 5.61. The average Bonchev–Trinajstić information content (AvgIpc) is 3.18. The topological polar surface area (TPSA) is 97.0 Å². The predicted molar refractivity (Wildman–Crippen MR) is 103 cm³/mol. The average molecular weight is 408 g/mol. The molecule has 0 spiro atoms. The van der Waals surface area contributed by atoms with Crippen LogP contribution in [0.5, 0.6) is 0 Å². The van der Waals surface area contributed by atoms with Crippen molar-refractivity contribution in [2.45, 2.75) is 24.6 Å². The highest BCUT2D eigenvalue weighted by atomic mass is 32.2. The summed E-state index contributed by atoms with van der Waals surface area (Å²) in [5, 5.41) is 11.6. The molecule has 2 aromatic heterocycles. The molecule has 27 heavy (non-hydrogen) atoms. The van der Waals surface area contributed by atoms with Gasteiger partial charge in [-0.25, -0.2) is 4.39 Å². The second kappa shape index (κ2) is 8.49. The molecule has 0 aliphatic rings. The molecule has 0 fully saturated rings. The molecule has 2 N–H and O–H groups in total. The van der Waals surface area contributed by atoms with Gasteiger partial charge in [0.1, 0.15) is 5.82 Å². The maximum atomic E-state index is 13.5. The van der Waals surface area contributed by atoms with Crippen LogP contribution >= 0.6 is 23.1 Å². The molecule has 0 radical (unpaired) electrons. The Hall–Kier alpha value is -2.46. The summed E-state index contributed by atoms with van der Waals surface area (Å²) in [7, 11) is 0. The molecule has 0 bridgehead atoms. The number of carbonyl (C=O) groups excluding carboxylic acids is 2. The van der Waals surface area contributed by atoms with E-state index in [1.807, 2.05) is 6.92 Å². The number of ether oxygens (including phenoxy) is 1. The summed E-state index contributed by atoms with van der Waals surface area (Å²) in [6, 6.07) is 4.44. The normalized spacial score (nSPS) is 10.9. The van der Waals surface area contributed by atoms with Gasteiger partial charge in [0.15, 0.2) is 4.34 Å². The molecular formula is C17H17FN4O3S2. The molecule has 7 nitrogen and oxygen atoms in total. The Balaban J connectivity index is 1.63. The zero-order valence-corrected chi connectivity index (χ0v) is 16.3. The minimum absolute atomic E-state index is 0.0835. The maximum Gasteiger partial charge on any atom is 0.316 e. The van der Waals surface area contributed by atoms with Crippen LogP contribution in [0.15, 0.2) is 22.5 Å². The minimum atomic E-state index is -0.351. The number of rotatable bonds is 7. The number of fused-ring (bicyclic) bond motifs is 1. The maximum absolute atomic E-state index is 13.5. The van der Waals surface area contributed by atoms with Crippen LogP contribution in [0.1, 0.15) is 18.2 Å². The van der Waals surface area contributed by atoms with Crippen molar-refractivity contribution >= 4 is 51.0 Å². The number of aryl methyl sites for hydroxylation is 1. The predicted octanol–water partition coefficient (Wildman–Crippen LogP) is 3.30. The van der Waals surface area contributed by atoms with Gasteiger partial charge in [-0.3, -0.25) is 9.59 Å². The van der Waals surface area contributed by atoms with Crippen LogP contribution in [0.4, 0.5) is 9.52 Å². The standard InChI is InChI=1S/C17H17FN4O3S2/c1-3-25-15(24)8-26-17-22-21-16(27-17)20-14(23)7-11-9(2)19-13-5-4-10(18)6-12(11)13/h4-6,19H,3,7-8H2,1-2H3,(H,20,21,23). The van der Waals surface area contributed by atoms with Crippen molar-refractivity contribution in [3.63, 3.8) is 0 Å². The van der Waals surface area contributed by atoms with E-state index < -0.39 is 0 Å². The summed E-state index contributed by atoms with van der Waals surface area (Å²) < 4.78 is 18.9. The van der Waals surface area contributed by atoms with Crippen molar-refractivity contribution in [1.29, 1.82) is 0 Å². The molecule has 10 heteroatoms. The number of nitrogens with one attached hydrogen (secondary N) is 2. The molecule has 3 aromatic rings. The van der Waals surface area contributed by atoms with E-state index in [4.69, 9.17) is 4.74 Å². The lowest BCUT2D eigenvalue weighted by Crippen LogP contribution is -2.14. The Morgan fingerprint density at radius 2 is 2.19 bits per heavy atom. The first-order valence-electron chi connectivity index (χ1n) is 8.14. The number of halogens is 1. The number of amides is 1.